The first-order valence-corrected chi connectivity index (χ1v) is 10.6. The lowest BCUT2D eigenvalue weighted by Gasteiger charge is -2.26. The van der Waals surface area contributed by atoms with Crippen molar-refractivity contribution in [1.82, 2.24) is 9.62 Å². The summed E-state index contributed by atoms with van der Waals surface area (Å²) in [4.78, 5) is 12.0. The molecule has 0 unspecified atom stereocenters. The number of hydrogen-bond donors (Lipinski definition) is 1. The summed E-state index contributed by atoms with van der Waals surface area (Å²) in [5.41, 5.74) is 1.09. The number of nitrogens with one attached hydrogen (secondary N) is 1. The average molecular weight is 368 g/mol. The van der Waals surface area contributed by atoms with E-state index >= 15 is 0 Å². The number of hydrogen-bond acceptors (Lipinski definition) is 4. The standard InChI is InChI=1S/C18H28N2O4S/c1-24-17-9-5-6-15(14-17)10-12-19-18(21)11-13-20(25(2,22)23)16-7-3-4-8-16/h5-6,9,14,16H,3-4,7-8,10-13H2,1-2H3,(H,19,21). The van der Waals surface area contributed by atoms with Gasteiger partial charge in [0.2, 0.25) is 15.9 Å². The molecule has 0 aliphatic heterocycles. The van der Waals surface area contributed by atoms with Gasteiger partial charge < -0.3 is 10.1 Å². The van der Waals surface area contributed by atoms with Crippen LogP contribution >= 0.6 is 0 Å². The number of sulfonamides is 1. The van der Waals surface area contributed by atoms with Crippen LogP contribution in [0.5, 0.6) is 5.75 Å². The molecule has 0 saturated heterocycles. The molecule has 1 fully saturated rings. The Balaban J connectivity index is 1.77. The van der Waals surface area contributed by atoms with E-state index in [1.807, 2.05) is 24.3 Å². The summed E-state index contributed by atoms with van der Waals surface area (Å²) < 4.78 is 30.6. The molecule has 0 radical (unpaired) electrons. The van der Waals surface area contributed by atoms with Crippen molar-refractivity contribution in [3.05, 3.63) is 29.8 Å². The van der Waals surface area contributed by atoms with Crippen LogP contribution in [0.4, 0.5) is 0 Å². The van der Waals surface area contributed by atoms with Crippen molar-refractivity contribution in [3.63, 3.8) is 0 Å². The van der Waals surface area contributed by atoms with Crippen molar-refractivity contribution in [3.8, 4) is 5.75 Å². The van der Waals surface area contributed by atoms with E-state index in [2.05, 4.69) is 5.32 Å². The molecule has 0 bridgehead atoms. The van der Waals surface area contributed by atoms with E-state index in [9.17, 15) is 13.2 Å². The first kappa shape index (κ1) is 19.7. The summed E-state index contributed by atoms with van der Waals surface area (Å²) in [6.45, 7) is 0.781. The molecule has 1 aliphatic carbocycles. The van der Waals surface area contributed by atoms with Crippen LogP contribution < -0.4 is 10.1 Å². The fourth-order valence-electron chi connectivity index (χ4n) is 3.29. The molecule has 1 amide bonds. The van der Waals surface area contributed by atoms with E-state index in [1.165, 1.54) is 10.6 Å². The third kappa shape index (κ3) is 6.32. The molecule has 0 spiro atoms. The molecule has 25 heavy (non-hydrogen) atoms. The molecule has 140 valence electrons. The molecule has 1 aromatic rings. The number of amides is 1. The maximum absolute atomic E-state index is 12.0. The van der Waals surface area contributed by atoms with Crippen LogP contribution in [0.2, 0.25) is 0 Å². The number of carbonyl (C=O) groups is 1. The Labute approximate surface area is 150 Å². The second-order valence-corrected chi connectivity index (χ2v) is 8.45. The van der Waals surface area contributed by atoms with E-state index in [4.69, 9.17) is 4.74 Å². The van der Waals surface area contributed by atoms with E-state index in [0.29, 0.717) is 13.0 Å². The summed E-state index contributed by atoms with van der Waals surface area (Å²) in [5, 5.41) is 2.86. The zero-order chi connectivity index (χ0) is 18.3. The van der Waals surface area contributed by atoms with E-state index < -0.39 is 10.0 Å². The fourth-order valence-corrected chi connectivity index (χ4v) is 4.46. The Morgan fingerprint density at radius 1 is 1.32 bits per heavy atom. The molecular weight excluding hydrogens is 340 g/mol. The SMILES string of the molecule is COc1cccc(CCNC(=O)CCN(C2CCCC2)S(C)(=O)=O)c1. The quantitative estimate of drug-likeness (QED) is 0.723. The molecule has 1 saturated carbocycles. The first-order valence-electron chi connectivity index (χ1n) is 8.76. The zero-order valence-corrected chi connectivity index (χ0v) is 15.8. The zero-order valence-electron chi connectivity index (χ0n) is 15.0. The predicted octanol–water partition coefficient (Wildman–Crippen LogP) is 1.95. The Hall–Kier alpha value is -1.60. The number of rotatable bonds is 9. The van der Waals surface area contributed by atoms with Gasteiger partial charge in [-0.05, 0) is 37.0 Å². The Morgan fingerprint density at radius 3 is 2.68 bits per heavy atom. The smallest absolute Gasteiger partial charge is 0.221 e. The lowest BCUT2D eigenvalue weighted by atomic mass is 10.1. The van der Waals surface area contributed by atoms with Gasteiger partial charge in [0.15, 0.2) is 0 Å². The first-order chi connectivity index (χ1) is 11.9. The third-order valence-corrected chi connectivity index (χ3v) is 5.92. The average Bonchev–Trinajstić information content (AvgIpc) is 3.08. The predicted molar refractivity (Wildman–Crippen MR) is 98.1 cm³/mol. The Morgan fingerprint density at radius 2 is 2.04 bits per heavy atom. The number of nitrogens with zero attached hydrogens (tertiary/aromatic N) is 1. The maximum Gasteiger partial charge on any atom is 0.221 e. The lowest BCUT2D eigenvalue weighted by Crippen LogP contribution is -2.40. The van der Waals surface area contributed by atoms with Crippen molar-refractivity contribution in [1.29, 1.82) is 0 Å². The van der Waals surface area contributed by atoms with E-state index in [-0.39, 0.29) is 24.9 Å². The van der Waals surface area contributed by atoms with Gasteiger partial charge in [0, 0.05) is 25.6 Å². The van der Waals surface area contributed by atoms with Crippen LogP contribution in [0.25, 0.3) is 0 Å². The monoisotopic (exact) mass is 368 g/mol. The Bertz CT molecular complexity index is 669. The Kier molecular flexibility index (Phi) is 7.25. The van der Waals surface area contributed by atoms with Gasteiger partial charge in [0.05, 0.1) is 13.4 Å². The molecule has 0 atom stereocenters. The minimum atomic E-state index is -3.28. The summed E-state index contributed by atoms with van der Waals surface area (Å²) in [5.74, 6) is 0.679. The van der Waals surface area contributed by atoms with Crippen molar-refractivity contribution < 1.29 is 17.9 Å². The maximum atomic E-state index is 12.0. The highest BCUT2D eigenvalue weighted by Gasteiger charge is 2.29. The molecule has 2 rings (SSSR count). The van der Waals surface area contributed by atoms with Crippen LogP contribution in [0.3, 0.4) is 0 Å². The van der Waals surface area contributed by atoms with E-state index in [0.717, 1.165) is 37.0 Å². The molecular formula is C18H28N2O4S. The lowest BCUT2D eigenvalue weighted by molar-refractivity contribution is -0.121. The number of methoxy groups -OCH3 is 1. The van der Waals surface area contributed by atoms with Gasteiger partial charge >= 0.3 is 0 Å². The molecule has 6 nitrogen and oxygen atoms in total. The molecule has 1 N–H and O–H groups in total. The number of ether oxygens (including phenoxy) is 1. The highest BCUT2D eigenvalue weighted by Crippen LogP contribution is 2.25. The summed E-state index contributed by atoms with van der Waals surface area (Å²) in [6, 6.07) is 7.78. The van der Waals surface area contributed by atoms with Crippen molar-refractivity contribution in [2.75, 3.05) is 26.5 Å². The van der Waals surface area contributed by atoms with Crippen LogP contribution in [-0.2, 0) is 21.2 Å². The molecule has 1 aromatic carbocycles. The van der Waals surface area contributed by atoms with Crippen molar-refractivity contribution in [2.45, 2.75) is 44.6 Å². The topological polar surface area (TPSA) is 75.7 Å². The molecule has 0 heterocycles. The van der Waals surface area contributed by atoms with Crippen LogP contribution in [-0.4, -0.2) is 51.1 Å². The van der Waals surface area contributed by atoms with Gasteiger partial charge in [-0.25, -0.2) is 8.42 Å². The second kappa shape index (κ2) is 9.20. The highest BCUT2D eigenvalue weighted by atomic mass is 32.2. The molecule has 1 aliphatic rings. The largest absolute Gasteiger partial charge is 0.497 e. The third-order valence-electron chi connectivity index (χ3n) is 4.59. The van der Waals surface area contributed by atoms with Gasteiger partial charge in [-0.2, -0.15) is 4.31 Å². The molecule has 7 heteroatoms. The van der Waals surface area contributed by atoms with Gasteiger partial charge in [-0.15, -0.1) is 0 Å². The van der Waals surface area contributed by atoms with Gasteiger partial charge in [-0.3, -0.25) is 4.79 Å². The molecule has 0 aromatic heterocycles. The van der Waals surface area contributed by atoms with Crippen LogP contribution in [0.15, 0.2) is 24.3 Å². The van der Waals surface area contributed by atoms with Crippen molar-refractivity contribution in [2.24, 2.45) is 0 Å². The summed E-state index contributed by atoms with van der Waals surface area (Å²) in [7, 11) is -1.65. The number of carbonyl (C=O) groups excluding carboxylic acids is 1. The number of benzene rings is 1. The van der Waals surface area contributed by atoms with Crippen LogP contribution in [0.1, 0.15) is 37.7 Å². The minimum Gasteiger partial charge on any atom is -0.497 e. The summed E-state index contributed by atoms with van der Waals surface area (Å²) in [6.07, 6.45) is 6.04. The second-order valence-electron chi connectivity index (χ2n) is 6.51. The van der Waals surface area contributed by atoms with E-state index in [1.54, 1.807) is 7.11 Å². The summed E-state index contributed by atoms with van der Waals surface area (Å²) >= 11 is 0. The van der Waals surface area contributed by atoms with Gasteiger partial charge in [0.1, 0.15) is 5.75 Å². The fraction of sp³-hybridized carbons (Fsp3) is 0.611. The highest BCUT2D eigenvalue weighted by molar-refractivity contribution is 7.88. The van der Waals surface area contributed by atoms with Crippen LogP contribution in [0, 0.1) is 0 Å². The van der Waals surface area contributed by atoms with Gasteiger partial charge in [0.25, 0.3) is 0 Å². The minimum absolute atomic E-state index is 0.0552. The normalized spacial score (nSPS) is 15.5. The van der Waals surface area contributed by atoms with Crippen molar-refractivity contribution >= 4 is 15.9 Å². The van der Waals surface area contributed by atoms with Gasteiger partial charge in [-0.1, -0.05) is 25.0 Å².